The van der Waals surface area contributed by atoms with Gasteiger partial charge in [0.25, 0.3) is 0 Å². The highest BCUT2D eigenvalue weighted by Crippen LogP contribution is 2.25. The third-order valence-corrected chi connectivity index (χ3v) is 5.17. The average Bonchev–Trinajstić information content (AvgIpc) is 2.66. The van der Waals surface area contributed by atoms with E-state index in [2.05, 4.69) is 24.2 Å². The van der Waals surface area contributed by atoms with Crippen LogP contribution in [0.15, 0.2) is 0 Å². The molecular weight excluding hydrogens is 220 g/mol. The van der Waals surface area contributed by atoms with E-state index < -0.39 is 0 Å². The van der Waals surface area contributed by atoms with Crippen molar-refractivity contribution in [3.63, 3.8) is 0 Å². The molecular formula is C16H32N2. The Bertz CT molecular complexity index is 213. The van der Waals surface area contributed by atoms with Gasteiger partial charge in [-0.1, -0.05) is 25.7 Å². The Morgan fingerprint density at radius 1 is 1.00 bits per heavy atom. The Morgan fingerprint density at radius 3 is 2.22 bits per heavy atom. The summed E-state index contributed by atoms with van der Waals surface area (Å²) in [6.45, 7) is 6.27. The van der Waals surface area contributed by atoms with Crippen LogP contribution in [0.25, 0.3) is 0 Å². The van der Waals surface area contributed by atoms with E-state index in [1.165, 1.54) is 71.0 Å². The van der Waals surface area contributed by atoms with Gasteiger partial charge in [-0.25, -0.2) is 0 Å². The minimum atomic E-state index is 0.739. The molecule has 1 atom stereocenters. The number of likely N-dealkylation sites (tertiary alicyclic amines) is 1. The minimum Gasteiger partial charge on any atom is -0.314 e. The topological polar surface area (TPSA) is 15.3 Å². The van der Waals surface area contributed by atoms with Gasteiger partial charge in [0.15, 0.2) is 0 Å². The van der Waals surface area contributed by atoms with E-state index in [0.29, 0.717) is 0 Å². The summed E-state index contributed by atoms with van der Waals surface area (Å²) in [7, 11) is 2.25. The lowest BCUT2D eigenvalue weighted by molar-refractivity contribution is 0.206. The zero-order valence-corrected chi connectivity index (χ0v) is 12.5. The van der Waals surface area contributed by atoms with E-state index >= 15 is 0 Å². The largest absolute Gasteiger partial charge is 0.314 e. The molecule has 0 bridgehead atoms. The van der Waals surface area contributed by atoms with Gasteiger partial charge in [0.1, 0.15) is 0 Å². The Balaban J connectivity index is 1.65. The molecule has 0 aromatic carbocycles. The highest BCUT2D eigenvalue weighted by molar-refractivity contribution is 4.78. The SMILES string of the molecule is C[C@@H](NCC1CCN(C)CC1)C1CCCCCC1. The highest BCUT2D eigenvalue weighted by atomic mass is 15.1. The van der Waals surface area contributed by atoms with Crippen molar-refractivity contribution < 1.29 is 0 Å². The van der Waals surface area contributed by atoms with Crippen molar-refractivity contribution in [1.82, 2.24) is 10.2 Å². The summed E-state index contributed by atoms with van der Waals surface area (Å²) in [6, 6.07) is 0.739. The fraction of sp³-hybridized carbons (Fsp3) is 1.00. The summed E-state index contributed by atoms with van der Waals surface area (Å²) in [5.41, 5.74) is 0. The number of nitrogens with zero attached hydrogens (tertiary/aromatic N) is 1. The van der Waals surface area contributed by atoms with Crippen molar-refractivity contribution in [2.45, 2.75) is 64.3 Å². The van der Waals surface area contributed by atoms with E-state index in [9.17, 15) is 0 Å². The highest BCUT2D eigenvalue weighted by Gasteiger charge is 2.21. The first-order chi connectivity index (χ1) is 8.75. The molecule has 0 radical (unpaired) electrons. The van der Waals surface area contributed by atoms with Crippen molar-refractivity contribution in [3.8, 4) is 0 Å². The van der Waals surface area contributed by atoms with Crippen LogP contribution in [0.3, 0.4) is 0 Å². The van der Waals surface area contributed by atoms with Crippen LogP contribution >= 0.6 is 0 Å². The van der Waals surface area contributed by atoms with Gasteiger partial charge in [0, 0.05) is 6.04 Å². The molecule has 2 aliphatic rings. The Hall–Kier alpha value is -0.0800. The van der Waals surface area contributed by atoms with Crippen LogP contribution < -0.4 is 5.32 Å². The standard InChI is InChI=1S/C16H32N2/c1-14(16-7-5-3-4-6-8-16)17-13-15-9-11-18(2)12-10-15/h14-17H,3-13H2,1-2H3/t14-/m1/s1. The van der Waals surface area contributed by atoms with Crippen molar-refractivity contribution in [3.05, 3.63) is 0 Å². The summed E-state index contributed by atoms with van der Waals surface area (Å²) in [6.07, 6.45) is 11.6. The quantitative estimate of drug-likeness (QED) is 0.773. The van der Waals surface area contributed by atoms with E-state index in [1.54, 1.807) is 0 Å². The summed E-state index contributed by atoms with van der Waals surface area (Å²) >= 11 is 0. The van der Waals surface area contributed by atoms with Crippen LogP contribution in [-0.4, -0.2) is 37.6 Å². The van der Waals surface area contributed by atoms with Crippen LogP contribution in [0.5, 0.6) is 0 Å². The monoisotopic (exact) mass is 252 g/mol. The predicted octanol–water partition coefficient (Wildman–Crippen LogP) is 3.28. The second kappa shape index (κ2) is 7.49. The molecule has 1 aliphatic carbocycles. The van der Waals surface area contributed by atoms with Gasteiger partial charge in [-0.2, -0.15) is 0 Å². The molecule has 106 valence electrons. The summed E-state index contributed by atoms with van der Waals surface area (Å²) in [5, 5.41) is 3.85. The Morgan fingerprint density at radius 2 is 1.61 bits per heavy atom. The fourth-order valence-electron chi connectivity index (χ4n) is 3.60. The maximum absolute atomic E-state index is 3.85. The van der Waals surface area contributed by atoms with Crippen molar-refractivity contribution in [1.29, 1.82) is 0 Å². The van der Waals surface area contributed by atoms with Crippen molar-refractivity contribution in [2.24, 2.45) is 11.8 Å². The zero-order valence-electron chi connectivity index (χ0n) is 12.5. The van der Waals surface area contributed by atoms with Gasteiger partial charge in [-0.05, 0) is 71.1 Å². The smallest absolute Gasteiger partial charge is 0.00671 e. The molecule has 1 saturated heterocycles. The van der Waals surface area contributed by atoms with Gasteiger partial charge in [0.2, 0.25) is 0 Å². The molecule has 0 aromatic heterocycles. The minimum absolute atomic E-state index is 0.739. The lowest BCUT2D eigenvalue weighted by atomic mass is 9.91. The normalized spacial score (nSPS) is 27.0. The van der Waals surface area contributed by atoms with Gasteiger partial charge >= 0.3 is 0 Å². The Labute approximate surface area is 114 Å². The van der Waals surface area contributed by atoms with Crippen LogP contribution in [-0.2, 0) is 0 Å². The zero-order chi connectivity index (χ0) is 12.8. The molecule has 1 N–H and O–H groups in total. The lowest BCUT2D eigenvalue weighted by Crippen LogP contribution is -2.40. The molecule has 0 spiro atoms. The molecule has 0 amide bonds. The molecule has 2 heteroatoms. The molecule has 1 saturated carbocycles. The molecule has 18 heavy (non-hydrogen) atoms. The summed E-state index contributed by atoms with van der Waals surface area (Å²) < 4.78 is 0. The number of rotatable bonds is 4. The maximum Gasteiger partial charge on any atom is 0.00671 e. The number of nitrogens with one attached hydrogen (secondary N) is 1. The number of hydrogen-bond acceptors (Lipinski definition) is 2. The van der Waals surface area contributed by atoms with Crippen molar-refractivity contribution >= 4 is 0 Å². The third-order valence-electron chi connectivity index (χ3n) is 5.17. The molecule has 2 fully saturated rings. The van der Waals surface area contributed by atoms with E-state index in [0.717, 1.165) is 17.9 Å². The van der Waals surface area contributed by atoms with Crippen LogP contribution in [0.2, 0.25) is 0 Å². The summed E-state index contributed by atoms with van der Waals surface area (Å²) in [5.74, 6) is 1.87. The third kappa shape index (κ3) is 4.55. The molecule has 0 aromatic rings. The lowest BCUT2D eigenvalue weighted by Gasteiger charge is -2.31. The number of hydrogen-bond donors (Lipinski definition) is 1. The van der Waals surface area contributed by atoms with Gasteiger partial charge in [0.05, 0.1) is 0 Å². The van der Waals surface area contributed by atoms with E-state index in [-0.39, 0.29) is 0 Å². The fourth-order valence-corrected chi connectivity index (χ4v) is 3.60. The first-order valence-electron chi connectivity index (χ1n) is 8.17. The second-order valence-electron chi connectivity index (χ2n) is 6.70. The predicted molar refractivity (Wildman–Crippen MR) is 78.9 cm³/mol. The van der Waals surface area contributed by atoms with Crippen LogP contribution in [0, 0.1) is 11.8 Å². The van der Waals surface area contributed by atoms with Gasteiger partial charge in [-0.15, -0.1) is 0 Å². The van der Waals surface area contributed by atoms with Crippen LogP contribution in [0.4, 0.5) is 0 Å². The molecule has 2 rings (SSSR count). The molecule has 1 aliphatic heterocycles. The summed E-state index contributed by atoms with van der Waals surface area (Å²) in [4.78, 5) is 2.46. The van der Waals surface area contributed by atoms with Gasteiger partial charge in [-0.3, -0.25) is 0 Å². The maximum atomic E-state index is 3.85. The Kier molecular flexibility index (Phi) is 5.97. The first kappa shape index (κ1) is 14.3. The first-order valence-corrected chi connectivity index (χ1v) is 8.17. The van der Waals surface area contributed by atoms with E-state index in [1.807, 2.05) is 0 Å². The van der Waals surface area contributed by atoms with E-state index in [4.69, 9.17) is 0 Å². The molecule has 1 heterocycles. The average molecular weight is 252 g/mol. The number of piperidine rings is 1. The molecule has 0 unspecified atom stereocenters. The van der Waals surface area contributed by atoms with Crippen molar-refractivity contribution in [2.75, 3.05) is 26.7 Å². The second-order valence-corrected chi connectivity index (χ2v) is 6.70. The van der Waals surface area contributed by atoms with Gasteiger partial charge < -0.3 is 10.2 Å². The van der Waals surface area contributed by atoms with Crippen LogP contribution in [0.1, 0.15) is 58.3 Å². The molecule has 2 nitrogen and oxygen atoms in total.